The third kappa shape index (κ3) is 3.81. The van der Waals surface area contributed by atoms with Crippen LogP contribution in [0.4, 0.5) is 0 Å². The number of fused-ring (bicyclic) bond motifs is 2. The van der Waals surface area contributed by atoms with Crippen LogP contribution in [-0.2, 0) is 17.8 Å². The number of hydrogen-bond acceptors (Lipinski definition) is 3. The zero-order chi connectivity index (χ0) is 22.2. The van der Waals surface area contributed by atoms with Crippen molar-refractivity contribution in [1.82, 2.24) is 20.0 Å². The third-order valence-corrected chi connectivity index (χ3v) is 6.47. The lowest BCUT2D eigenvalue weighted by atomic mass is 9.92. The summed E-state index contributed by atoms with van der Waals surface area (Å²) in [6.45, 7) is 5.21. The van der Waals surface area contributed by atoms with E-state index in [-0.39, 0.29) is 17.9 Å². The van der Waals surface area contributed by atoms with Gasteiger partial charge >= 0.3 is 0 Å². The number of nitrogens with zero attached hydrogens (tertiary/aromatic N) is 3. The molecule has 1 atom stereocenters. The molecule has 2 heterocycles. The molecule has 1 aromatic heterocycles. The minimum atomic E-state index is -0.0302. The summed E-state index contributed by atoms with van der Waals surface area (Å²) in [5.74, 6) is -0.00571. The Morgan fingerprint density at radius 3 is 2.72 bits per heavy atom. The largest absolute Gasteiger partial charge is 0.349 e. The molecule has 2 amide bonds. The summed E-state index contributed by atoms with van der Waals surface area (Å²) in [5.41, 5.74) is 7.57. The number of carbonyl (C=O) groups excluding carboxylic acids is 2. The highest BCUT2D eigenvalue weighted by Gasteiger charge is 2.29. The Bertz CT molecular complexity index is 1180. The smallest absolute Gasteiger partial charge is 0.254 e. The molecule has 32 heavy (non-hydrogen) atoms. The first-order valence-corrected chi connectivity index (χ1v) is 11.3. The Morgan fingerprint density at radius 1 is 1.16 bits per heavy atom. The average molecular weight is 429 g/mol. The molecule has 0 saturated carbocycles. The molecule has 0 fully saturated rings. The van der Waals surface area contributed by atoms with Crippen LogP contribution in [0.15, 0.2) is 48.7 Å². The number of rotatable bonds is 5. The molecule has 1 aliphatic carbocycles. The Morgan fingerprint density at radius 2 is 1.94 bits per heavy atom. The van der Waals surface area contributed by atoms with Crippen molar-refractivity contribution in [2.24, 2.45) is 0 Å². The summed E-state index contributed by atoms with van der Waals surface area (Å²) in [6, 6.07) is 14.1. The van der Waals surface area contributed by atoms with Gasteiger partial charge in [-0.25, -0.2) is 4.68 Å². The van der Waals surface area contributed by atoms with Gasteiger partial charge in [-0.2, -0.15) is 5.10 Å². The predicted octanol–water partition coefficient (Wildman–Crippen LogP) is 4.03. The van der Waals surface area contributed by atoms with Crippen LogP contribution < -0.4 is 5.32 Å². The monoisotopic (exact) mass is 428 g/mol. The van der Waals surface area contributed by atoms with Crippen molar-refractivity contribution in [3.8, 4) is 5.69 Å². The van der Waals surface area contributed by atoms with Gasteiger partial charge in [0.2, 0.25) is 5.91 Å². The van der Waals surface area contributed by atoms with E-state index in [1.54, 1.807) is 4.90 Å². The van der Waals surface area contributed by atoms with Gasteiger partial charge in [0, 0.05) is 36.3 Å². The first kappa shape index (κ1) is 20.5. The Kier molecular flexibility index (Phi) is 5.29. The molecule has 1 aliphatic heterocycles. The fraction of sp³-hybridized carbons (Fsp3) is 0.346. The maximum absolute atomic E-state index is 12.7. The molecule has 2 aliphatic rings. The minimum Gasteiger partial charge on any atom is -0.349 e. The standard InChI is InChI=1S/C26H28N4O2/c1-17-12-18(2)14-20(13-17)30-24-9-5-8-23(22(24)15-27-30)28-25(31)10-11-29-16-19-6-3-4-7-21(19)26(29)32/h3-4,6-7,12-15,23H,5,8-11,16H2,1-2H3,(H,28,31)/t23-/m0/s1. The van der Waals surface area contributed by atoms with Crippen LogP contribution in [0.2, 0.25) is 0 Å². The fourth-order valence-electron chi connectivity index (χ4n) is 5.00. The van der Waals surface area contributed by atoms with Gasteiger partial charge < -0.3 is 10.2 Å². The molecule has 1 N–H and O–H groups in total. The van der Waals surface area contributed by atoms with E-state index in [0.717, 1.165) is 41.6 Å². The second-order valence-corrected chi connectivity index (χ2v) is 8.95. The van der Waals surface area contributed by atoms with Gasteiger partial charge in [0.1, 0.15) is 0 Å². The number of hydrogen-bond donors (Lipinski definition) is 1. The average Bonchev–Trinajstić information content (AvgIpc) is 3.34. The normalized spacial score (nSPS) is 17.2. The number of aromatic nitrogens is 2. The summed E-state index contributed by atoms with van der Waals surface area (Å²) in [7, 11) is 0. The van der Waals surface area contributed by atoms with Crippen LogP contribution >= 0.6 is 0 Å². The van der Waals surface area contributed by atoms with Crippen molar-refractivity contribution in [2.45, 2.75) is 52.1 Å². The highest BCUT2D eigenvalue weighted by molar-refractivity contribution is 5.98. The van der Waals surface area contributed by atoms with Crippen molar-refractivity contribution >= 4 is 11.8 Å². The molecule has 3 aromatic rings. The second kappa shape index (κ2) is 8.26. The lowest BCUT2D eigenvalue weighted by Crippen LogP contribution is -2.34. The van der Waals surface area contributed by atoms with Gasteiger partial charge in [-0.05, 0) is 68.0 Å². The van der Waals surface area contributed by atoms with Gasteiger partial charge in [-0.3, -0.25) is 9.59 Å². The van der Waals surface area contributed by atoms with Crippen LogP contribution in [0.5, 0.6) is 0 Å². The molecule has 5 rings (SSSR count). The second-order valence-electron chi connectivity index (χ2n) is 8.95. The van der Waals surface area contributed by atoms with Crippen LogP contribution in [0, 0.1) is 13.8 Å². The van der Waals surface area contributed by atoms with Gasteiger partial charge in [0.05, 0.1) is 17.9 Å². The van der Waals surface area contributed by atoms with Crippen molar-refractivity contribution in [2.75, 3.05) is 6.54 Å². The summed E-state index contributed by atoms with van der Waals surface area (Å²) in [6.07, 6.45) is 5.07. The lowest BCUT2D eigenvalue weighted by molar-refractivity contribution is -0.122. The SMILES string of the molecule is Cc1cc(C)cc(-n2ncc3c2CCC[C@@H]3NC(=O)CCN2Cc3ccccc3C2=O)c1. The maximum atomic E-state index is 12.7. The van der Waals surface area contributed by atoms with Crippen LogP contribution in [0.1, 0.15) is 63.6 Å². The van der Waals surface area contributed by atoms with E-state index >= 15 is 0 Å². The zero-order valence-corrected chi connectivity index (χ0v) is 18.6. The Balaban J connectivity index is 1.25. The van der Waals surface area contributed by atoms with Crippen LogP contribution in [-0.4, -0.2) is 33.0 Å². The molecule has 164 valence electrons. The molecule has 0 spiro atoms. The van der Waals surface area contributed by atoms with E-state index < -0.39 is 0 Å². The molecular weight excluding hydrogens is 400 g/mol. The van der Waals surface area contributed by atoms with Crippen molar-refractivity contribution in [1.29, 1.82) is 0 Å². The van der Waals surface area contributed by atoms with Crippen molar-refractivity contribution < 1.29 is 9.59 Å². The van der Waals surface area contributed by atoms with E-state index in [2.05, 4.69) is 42.5 Å². The predicted molar refractivity (Wildman–Crippen MR) is 123 cm³/mol. The molecule has 2 aromatic carbocycles. The zero-order valence-electron chi connectivity index (χ0n) is 18.6. The van der Waals surface area contributed by atoms with E-state index in [9.17, 15) is 9.59 Å². The van der Waals surface area contributed by atoms with Gasteiger partial charge in [-0.15, -0.1) is 0 Å². The maximum Gasteiger partial charge on any atom is 0.254 e. The Hall–Kier alpha value is -3.41. The first-order valence-electron chi connectivity index (χ1n) is 11.3. The quantitative estimate of drug-likeness (QED) is 0.667. The topological polar surface area (TPSA) is 67.2 Å². The van der Waals surface area contributed by atoms with E-state index in [1.165, 1.54) is 16.8 Å². The summed E-state index contributed by atoms with van der Waals surface area (Å²) < 4.78 is 2.02. The van der Waals surface area contributed by atoms with E-state index in [4.69, 9.17) is 0 Å². The Labute approximate surface area is 188 Å². The summed E-state index contributed by atoms with van der Waals surface area (Å²) in [4.78, 5) is 27.0. The molecule has 0 radical (unpaired) electrons. The highest BCUT2D eigenvalue weighted by atomic mass is 16.2. The summed E-state index contributed by atoms with van der Waals surface area (Å²) in [5, 5.41) is 7.85. The van der Waals surface area contributed by atoms with E-state index in [1.807, 2.05) is 35.1 Å². The van der Waals surface area contributed by atoms with Gasteiger partial charge in [0.15, 0.2) is 0 Å². The van der Waals surface area contributed by atoms with Crippen LogP contribution in [0.25, 0.3) is 5.69 Å². The molecular formula is C26H28N4O2. The number of carbonyl (C=O) groups is 2. The molecule has 6 nitrogen and oxygen atoms in total. The van der Waals surface area contributed by atoms with Crippen LogP contribution in [0.3, 0.4) is 0 Å². The fourth-order valence-corrected chi connectivity index (χ4v) is 5.00. The minimum absolute atomic E-state index is 0.0167. The van der Waals surface area contributed by atoms with Crippen molar-refractivity contribution in [3.63, 3.8) is 0 Å². The van der Waals surface area contributed by atoms with Gasteiger partial charge in [-0.1, -0.05) is 24.3 Å². The lowest BCUT2D eigenvalue weighted by Gasteiger charge is -2.25. The van der Waals surface area contributed by atoms with Crippen molar-refractivity contribution in [3.05, 3.63) is 82.2 Å². The first-order chi connectivity index (χ1) is 15.5. The molecule has 0 unspecified atom stereocenters. The number of amides is 2. The summed E-state index contributed by atoms with van der Waals surface area (Å²) >= 11 is 0. The third-order valence-electron chi connectivity index (χ3n) is 6.47. The number of nitrogens with one attached hydrogen (secondary N) is 1. The number of aryl methyl sites for hydroxylation is 2. The highest BCUT2D eigenvalue weighted by Crippen LogP contribution is 2.31. The molecule has 6 heteroatoms. The number of benzene rings is 2. The molecule has 0 saturated heterocycles. The van der Waals surface area contributed by atoms with E-state index in [0.29, 0.717) is 19.5 Å². The van der Waals surface area contributed by atoms with Gasteiger partial charge in [0.25, 0.3) is 5.91 Å². The molecule has 0 bridgehead atoms.